The zero-order chi connectivity index (χ0) is 32.5. The molecule has 0 unspecified atom stereocenters. The van der Waals surface area contributed by atoms with E-state index in [9.17, 15) is 0 Å². The van der Waals surface area contributed by atoms with Crippen molar-refractivity contribution in [1.29, 1.82) is 0 Å². The largest absolute Gasteiger partial charge is 0.335 e. The van der Waals surface area contributed by atoms with Gasteiger partial charge in [0.1, 0.15) is 4.70 Å². The highest BCUT2D eigenvalue weighted by Crippen LogP contribution is 2.46. The van der Waals surface area contributed by atoms with Gasteiger partial charge in [-0.05, 0) is 90.8 Å². The second kappa shape index (κ2) is 16.4. The fourth-order valence-electron chi connectivity index (χ4n) is 6.89. The summed E-state index contributed by atoms with van der Waals surface area (Å²) in [4.78, 5) is 3.93. The van der Waals surface area contributed by atoms with Crippen molar-refractivity contribution in [3.8, 4) is 0 Å². The molecule has 0 N–H and O–H groups in total. The van der Waals surface area contributed by atoms with Gasteiger partial charge in [0.2, 0.25) is 5.52 Å². The van der Waals surface area contributed by atoms with Crippen molar-refractivity contribution < 1.29 is 13.5 Å². The van der Waals surface area contributed by atoms with Crippen LogP contribution in [0.25, 0.3) is 16.3 Å². The average Bonchev–Trinajstić information content (AvgIpc) is 3.57. The lowest BCUT2D eigenvalue weighted by atomic mass is 10.2. The van der Waals surface area contributed by atoms with Crippen LogP contribution in [0.2, 0.25) is 0 Å². The number of rotatable bonds is 17. The maximum atomic E-state index is 2.55. The number of aryl methyl sites for hydroxylation is 3. The van der Waals surface area contributed by atoms with E-state index in [0.29, 0.717) is 0 Å². The zero-order valence-corrected chi connectivity index (χ0v) is 31.1. The third kappa shape index (κ3) is 8.51. The SMILES string of the molecule is CC[N+](CC)(CC)CCCN1/C(=C/C=C/C=C/c2sc3cc(C)ccc3[n+]2CCC[N+](CC)(CC)CC)Sc2cc(C)ccc21. The van der Waals surface area contributed by atoms with Crippen LogP contribution in [0.5, 0.6) is 0 Å². The lowest BCUT2D eigenvalue weighted by molar-refractivity contribution is -0.925. The molecule has 0 radical (unpaired) electrons. The van der Waals surface area contributed by atoms with Crippen LogP contribution in [0.3, 0.4) is 0 Å². The molecule has 3 aromatic rings. The fourth-order valence-corrected chi connectivity index (χ4v) is 9.29. The first-order valence-corrected chi connectivity index (χ1v) is 19.1. The van der Waals surface area contributed by atoms with E-state index in [1.54, 1.807) is 0 Å². The molecule has 0 saturated carbocycles. The van der Waals surface area contributed by atoms with E-state index in [4.69, 9.17) is 0 Å². The van der Waals surface area contributed by atoms with Crippen LogP contribution in [-0.4, -0.2) is 67.9 Å². The number of allylic oxidation sites excluding steroid dienone is 4. The molecule has 1 aliphatic rings. The summed E-state index contributed by atoms with van der Waals surface area (Å²) >= 11 is 3.83. The summed E-state index contributed by atoms with van der Waals surface area (Å²) in [6, 6.07) is 13.8. The third-order valence-electron chi connectivity index (χ3n) is 10.5. The first-order chi connectivity index (χ1) is 21.8. The van der Waals surface area contributed by atoms with E-state index in [1.807, 2.05) is 23.1 Å². The molecule has 0 atom stereocenters. The van der Waals surface area contributed by atoms with Gasteiger partial charge in [-0.2, -0.15) is 4.57 Å². The normalized spacial score (nSPS) is 15.0. The average molecular weight is 648 g/mol. The number of nitrogens with zero attached hydrogens (tertiary/aromatic N) is 4. The Labute approximate surface area is 282 Å². The second-order valence-electron chi connectivity index (χ2n) is 12.8. The van der Waals surface area contributed by atoms with E-state index in [0.717, 1.165) is 13.1 Å². The topological polar surface area (TPSA) is 7.12 Å². The first kappa shape index (κ1) is 35.5. The summed E-state index contributed by atoms with van der Waals surface area (Å²) in [6.07, 6.45) is 13.7. The number of aromatic nitrogens is 1. The molecular weight excluding hydrogens is 589 g/mol. The Morgan fingerprint density at radius 3 is 2.02 bits per heavy atom. The molecule has 0 fully saturated rings. The molecule has 6 heteroatoms. The van der Waals surface area contributed by atoms with Crippen molar-refractivity contribution in [2.45, 2.75) is 79.7 Å². The van der Waals surface area contributed by atoms with Gasteiger partial charge in [-0.1, -0.05) is 53.5 Å². The fraction of sp³-hybridized carbons (Fsp3) is 0.513. The van der Waals surface area contributed by atoms with E-state index in [-0.39, 0.29) is 0 Å². The molecular formula is C39H59N4S2+3. The second-order valence-corrected chi connectivity index (χ2v) is 14.9. The zero-order valence-electron chi connectivity index (χ0n) is 29.4. The Bertz CT molecular complexity index is 1470. The minimum Gasteiger partial charge on any atom is -0.335 e. The van der Waals surface area contributed by atoms with Gasteiger partial charge in [0.05, 0.1) is 69.5 Å². The summed E-state index contributed by atoms with van der Waals surface area (Å²) in [5.74, 6) is 0. The summed E-state index contributed by atoms with van der Waals surface area (Å²) in [7, 11) is 0. The standard InChI is InChI=1S/C39H59N4S2/c1-9-42(10-2,11-3)28-18-26-40-34-24-22-32(7)30-36(34)44-38(40)20-16-15-17-21-39-41(27-19-29-43(12-4,13-5)14-6)35-25-23-33(8)31-37(35)45-39/h15-17,20-25,30-31H,9-14,18-19,26-29H2,1-8H3/q+3. The molecule has 0 saturated heterocycles. The quantitative estimate of drug-likeness (QED) is 0.0819. The minimum atomic E-state index is 1.06. The molecule has 0 aliphatic carbocycles. The Balaban J connectivity index is 1.50. The number of hydrogen-bond acceptors (Lipinski definition) is 3. The Morgan fingerprint density at radius 2 is 1.36 bits per heavy atom. The van der Waals surface area contributed by atoms with Crippen LogP contribution in [-0.2, 0) is 6.54 Å². The number of hydrogen-bond donors (Lipinski definition) is 0. The van der Waals surface area contributed by atoms with Gasteiger partial charge in [0.25, 0.3) is 5.01 Å². The van der Waals surface area contributed by atoms with Gasteiger partial charge in [-0.3, -0.25) is 0 Å². The molecule has 2 aromatic carbocycles. The number of anilines is 1. The van der Waals surface area contributed by atoms with Gasteiger partial charge in [0.15, 0.2) is 6.54 Å². The van der Waals surface area contributed by atoms with Gasteiger partial charge in [-0.25, -0.2) is 0 Å². The van der Waals surface area contributed by atoms with Crippen molar-refractivity contribution in [2.24, 2.45) is 0 Å². The number of benzene rings is 2. The lowest BCUT2D eigenvalue weighted by Gasteiger charge is -2.36. The van der Waals surface area contributed by atoms with E-state index >= 15 is 0 Å². The third-order valence-corrected chi connectivity index (χ3v) is 12.8. The number of thiazole rings is 1. The van der Waals surface area contributed by atoms with E-state index < -0.39 is 0 Å². The number of quaternary nitrogens is 2. The van der Waals surface area contributed by atoms with Crippen molar-refractivity contribution in [3.05, 3.63) is 81.9 Å². The Morgan fingerprint density at radius 1 is 0.733 bits per heavy atom. The summed E-state index contributed by atoms with van der Waals surface area (Å²) in [6.45, 7) is 30.3. The van der Waals surface area contributed by atoms with Crippen LogP contribution >= 0.6 is 23.1 Å². The summed E-state index contributed by atoms with van der Waals surface area (Å²) in [5, 5.41) is 2.67. The van der Waals surface area contributed by atoms with E-state index in [1.165, 1.54) is 116 Å². The minimum absolute atomic E-state index is 1.06. The molecule has 0 amide bonds. The molecule has 2 heterocycles. The maximum Gasteiger partial charge on any atom is 0.262 e. The van der Waals surface area contributed by atoms with Crippen molar-refractivity contribution >= 4 is 45.1 Å². The number of thioether (sulfide) groups is 1. The van der Waals surface area contributed by atoms with Crippen LogP contribution in [0.4, 0.5) is 5.69 Å². The van der Waals surface area contributed by atoms with Gasteiger partial charge >= 0.3 is 0 Å². The molecule has 0 bridgehead atoms. The Kier molecular flexibility index (Phi) is 13.0. The maximum absolute atomic E-state index is 2.55. The summed E-state index contributed by atoms with van der Waals surface area (Å²) < 4.78 is 6.34. The first-order valence-electron chi connectivity index (χ1n) is 17.5. The molecule has 244 valence electrons. The highest BCUT2D eigenvalue weighted by molar-refractivity contribution is 8.03. The smallest absolute Gasteiger partial charge is 0.262 e. The van der Waals surface area contributed by atoms with Crippen LogP contribution < -0.4 is 9.47 Å². The van der Waals surface area contributed by atoms with Crippen LogP contribution in [0.1, 0.15) is 70.5 Å². The van der Waals surface area contributed by atoms with Gasteiger partial charge < -0.3 is 13.9 Å². The highest BCUT2D eigenvalue weighted by Gasteiger charge is 2.27. The number of fused-ring (bicyclic) bond motifs is 2. The van der Waals surface area contributed by atoms with Crippen LogP contribution in [0, 0.1) is 13.8 Å². The molecule has 1 aliphatic heterocycles. The monoisotopic (exact) mass is 647 g/mol. The van der Waals surface area contributed by atoms with Crippen molar-refractivity contribution in [3.63, 3.8) is 0 Å². The van der Waals surface area contributed by atoms with Crippen molar-refractivity contribution in [2.75, 3.05) is 63.8 Å². The van der Waals surface area contributed by atoms with Gasteiger partial charge in [0, 0.05) is 30.0 Å². The predicted octanol–water partition coefficient (Wildman–Crippen LogP) is 9.36. The molecule has 45 heavy (non-hydrogen) atoms. The molecule has 0 spiro atoms. The molecule has 4 rings (SSSR count). The molecule has 4 nitrogen and oxygen atoms in total. The van der Waals surface area contributed by atoms with E-state index in [2.05, 4.69) is 132 Å². The lowest BCUT2D eigenvalue weighted by Crippen LogP contribution is -2.49. The molecule has 1 aromatic heterocycles. The highest BCUT2D eigenvalue weighted by atomic mass is 32.2. The van der Waals surface area contributed by atoms with Gasteiger partial charge in [-0.15, -0.1) is 0 Å². The van der Waals surface area contributed by atoms with Crippen LogP contribution in [0.15, 0.2) is 70.6 Å². The summed E-state index contributed by atoms with van der Waals surface area (Å²) in [5.41, 5.74) is 5.38. The van der Waals surface area contributed by atoms with Crippen molar-refractivity contribution in [1.82, 2.24) is 0 Å². The Hall–Kier alpha value is -2.38. The predicted molar refractivity (Wildman–Crippen MR) is 200 cm³/mol.